The summed E-state index contributed by atoms with van der Waals surface area (Å²) < 4.78 is 9.84. The van der Waals surface area contributed by atoms with Crippen LogP contribution in [-0.2, 0) is 23.9 Å². The van der Waals surface area contributed by atoms with Crippen LogP contribution < -0.4 is 0 Å². The molecular formula is C13H20O6. The van der Waals surface area contributed by atoms with Crippen LogP contribution in [0.4, 0.5) is 0 Å². The molecule has 0 aliphatic carbocycles. The summed E-state index contributed by atoms with van der Waals surface area (Å²) in [4.78, 5) is 32.6. The quantitative estimate of drug-likeness (QED) is 0.506. The smallest absolute Gasteiger partial charge is 0.333 e. The molecule has 19 heavy (non-hydrogen) atoms. The molecule has 0 heterocycles. The highest BCUT2D eigenvalue weighted by atomic mass is 16.5. The minimum atomic E-state index is -0.937. The van der Waals surface area contributed by atoms with Crippen molar-refractivity contribution in [2.24, 2.45) is 5.92 Å². The number of hydrogen-bond acceptors (Lipinski definition) is 5. The number of esters is 2. The van der Waals surface area contributed by atoms with Crippen LogP contribution in [0, 0.1) is 5.92 Å². The van der Waals surface area contributed by atoms with Gasteiger partial charge in [-0.25, -0.2) is 4.79 Å². The van der Waals surface area contributed by atoms with Gasteiger partial charge in [0.25, 0.3) is 0 Å². The van der Waals surface area contributed by atoms with Gasteiger partial charge in [0.15, 0.2) is 0 Å². The fraction of sp³-hybridized carbons (Fsp3) is 0.615. The standard InChI is InChI=1S/C13H20O6/c1-9(2)13(17)19-8-10(3)7-18-12(16)6-4-5-11(14)15/h10H,1,4-8H2,2-3H3,(H,14,15). The lowest BCUT2D eigenvalue weighted by Crippen LogP contribution is -2.18. The molecule has 0 aromatic rings. The minimum Gasteiger partial charge on any atom is -0.481 e. The summed E-state index contributed by atoms with van der Waals surface area (Å²) in [5.41, 5.74) is 0.317. The lowest BCUT2D eigenvalue weighted by molar-refractivity contribution is -0.147. The first-order valence-electron chi connectivity index (χ1n) is 6.03. The van der Waals surface area contributed by atoms with E-state index in [2.05, 4.69) is 6.58 Å². The van der Waals surface area contributed by atoms with E-state index in [0.717, 1.165) is 0 Å². The van der Waals surface area contributed by atoms with Crippen LogP contribution >= 0.6 is 0 Å². The monoisotopic (exact) mass is 272 g/mol. The van der Waals surface area contributed by atoms with Gasteiger partial charge in [-0.2, -0.15) is 0 Å². The van der Waals surface area contributed by atoms with Crippen molar-refractivity contribution in [3.05, 3.63) is 12.2 Å². The number of ether oxygens (including phenoxy) is 2. The highest BCUT2D eigenvalue weighted by Crippen LogP contribution is 2.03. The second kappa shape index (κ2) is 9.13. The van der Waals surface area contributed by atoms with E-state index < -0.39 is 17.9 Å². The van der Waals surface area contributed by atoms with Crippen molar-refractivity contribution in [3.8, 4) is 0 Å². The average Bonchev–Trinajstić information content (AvgIpc) is 2.32. The van der Waals surface area contributed by atoms with Crippen molar-refractivity contribution in [3.63, 3.8) is 0 Å². The van der Waals surface area contributed by atoms with Crippen molar-refractivity contribution >= 4 is 17.9 Å². The zero-order chi connectivity index (χ0) is 14.8. The highest BCUT2D eigenvalue weighted by Gasteiger charge is 2.11. The van der Waals surface area contributed by atoms with Gasteiger partial charge in [0.1, 0.15) is 0 Å². The lowest BCUT2D eigenvalue weighted by atomic mass is 10.2. The van der Waals surface area contributed by atoms with Crippen molar-refractivity contribution < 1.29 is 29.0 Å². The van der Waals surface area contributed by atoms with Gasteiger partial charge in [-0.15, -0.1) is 0 Å². The second-order valence-electron chi connectivity index (χ2n) is 4.41. The molecule has 1 N–H and O–H groups in total. The number of carboxylic acid groups (broad SMARTS) is 1. The maximum Gasteiger partial charge on any atom is 0.333 e. The third kappa shape index (κ3) is 9.82. The van der Waals surface area contributed by atoms with Crippen LogP contribution in [0.1, 0.15) is 33.1 Å². The minimum absolute atomic E-state index is 0.0547. The SMILES string of the molecule is C=C(C)C(=O)OCC(C)COC(=O)CCCC(=O)O. The van der Waals surface area contributed by atoms with Gasteiger partial charge in [0.2, 0.25) is 0 Å². The molecule has 0 aromatic heterocycles. The van der Waals surface area contributed by atoms with Gasteiger partial charge in [-0.05, 0) is 13.3 Å². The molecule has 6 heteroatoms. The van der Waals surface area contributed by atoms with Crippen LogP contribution in [0.15, 0.2) is 12.2 Å². The third-order valence-electron chi connectivity index (χ3n) is 2.15. The summed E-state index contributed by atoms with van der Waals surface area (Å²) in [6, 6.07) is 0. The Balaban J connectivity index is 3.69. The molecule has 1 atom stereocenters. The van der Waals surface area contributed by atoms with E-state index in [0.29, 0.717) is 5.57 Å². The zero-order valence-electron chi connectivity index (χ0n) is 11.3. The molecule has 6 nitrogen and oxygen atoms in total. The summed E-state index contributed by atoms with van der Waals surface area (Å²) >= 11 is 0. The summed E-state index contributed by atoms with van der Waals surface area (Å²) in [7, 11) is 0. The number of carboxylic acids is 1. The number of carbonyl (C=O) groups is 3. The Bertz CT molecular complexity index is 347. The molecule has 0 amide bonds. The lowest BCUT2D eigenvalue weighted by Gasteiger charge is -2.12. The molecule has 0 spiro atoms. The first-order chi connectivity index (χ1) is 8.82. The fourth-order valence-corrected chi connectivity index (χ4v) is 1.08. The van der Waals surface area contributed by atoms with E-state index in [1.165, 1.54) is 0 Å². The zero-order valence-corrected chi connectivity index (χ0v) is 11.3. The molecular weight excluding hydrogens is 252 g/mol. The normalized spacial score (nSPS) is 11.5. The predicted molar refractivity (Wildman–Crippen MR) is 67.4 cm³/mol. The Kier molecular flexibility index (Phi) is 8.24. The molecule has 0 saturated carbocycles. The Morgan fingerprint density at radius 2 is 1.74 bits per heavy atom. The van der Waals surface area contributed by atoms with Gasteiger partial charge < -0.3 is 14.6 Å². The van der Waals surface area contributed by atoms with Gasteiger partial charge in [0, 0.05) is 24.3 Å². The maximum absolute atomic E-state index is 11.2. The van der Waals surface area contributed by atoms with E-state index in [1.54, 1.807) is 13.8 Å². The van der Waals surface area contributed by atoms with E-state index in [1.807, 2.05) is 0 Å². The molecule has 0 aliphatic heterocycles. The van der Waals surface area contributed by atoms with Crippen molar-refractivity contribution in [2.45, 2.75) is 33.1 Å². The number of rotatable bonds is 9. The summed E-state index contributed by atoms with van der Waals surface area (Å²) in [6.07, 6.45) is 0.276. The predicted octanol–water partition coefficient (Wildman–Crippen LogP) is 1.54. The van der Waals surface area contributed by atoms with Gasteiger partial charge in [0.05, 0.1) is 13.2 Å². The molecule has 0 aromatic carbocycles. The molecule has 0 rings (SSSR count). The van der Waals surface area contributed by atoms with Crippen molar-refractivity contribution in [1.29, 1.82) is 0 Å². The largest absolute Gasteiger partial charge is 0.481 e. The van der Waals surface area contributed by atoms with Gasteiger partial charge in [-0.1, -0.05) is 13.5 Å². The number of aliphatic carboxylic acids is 1. The van der Waals surface area contributed by atoms with Crippen LogP contribution in [-0.4, -0.2) is 36.2 Å². The van der Waals surface area contributed by atoms with E-state index in [-0.39, 0.29) is 38.4 Å². The first kappa shape index (κ1) is 17.2. The summed E-state index contributed by atoms with van der Waals surface area (Å²) in [6.45, 7) is 7.05. The summed E-state index contributed by atoms with van der Waals surface area (Å²) in [5, 5.41) is 8.40. The van der Waals surface area contributed by atoms with E-state index in [9.17, 15) is 14.4 Å². The topological polar surface area (TPSA) is 89.9 Å². The third-order valence-corrected chi connectivity index (χ3v) is 2.15. The Hall–Kier alpha value is -1.85. The van der Waals surface area contributed by atoms with Gasteiger partial charge in [-0.3, -0.25) is 9.59 Å². The maximum atomic E-state index is 11.2. The average molecular weight is 272 g/mol. The molecule has 0 bridgehead atoms. The molecule has 0 fully saturated rings. The molecule has 1 unspecified atom stereocenters. The summed E-state index contributed by atoms with van der Waals surface area (Å²) in [5.74, 6) is -1.97. The van der Waals surface area contributed by atoms with Crippen LogP contribution in [0.25, 0.3) is 0 Å². The highest BCUT2D eigenvalue weighted by molar-refractivity contribution is 5.86. The Morgan fingerprint density at radius 1 is 1.16 bits per heavy atom. The van der Waals surface area contributed by atoms with Crippen LogP contribution in [0.3, 0.4) is 0 Å². The molecule has 0 radical (unpaired) electrons. The molecule has 108 valence electrons. The van der Waals surface area contributed by atoms with Crippen molar-refractivity contribution in [2.75, 3.05) is 13.2 Å². The Labute approximate surface area is 112 Å². The molecule has 0 saturated heterocycles. The first-order valence-corrected chi connectivity index (χ1v) is 6.03. The van der Waals surface area contributed by atoms with Crippen molar-refractivity contribution in [1.82, 2.24) is 0 Å². The molecule has 0 aliphatic rings. The fourth-order valence-electron chi connectivity index (χ4n) is 1.08. The van der Waals surface area contributed by atoms with Crippen LogP contribution in [0.2, 0.25) is 0 Å². The number of carbonyl (C=O) groups excluding carboxylic acids is 2. The van der Waals surface area contributed by atoms with E-state index in [4.69, 9.17) is 14.6 Å². The van der Waals surface area contributed by atoms with Crippen LogP contribution in [0.5, 0.6) is 0 Å². The Morgan fingerprint density at radius 3 is 2.26 bits per heavy atom. The van der Waals surface area contributed by atoms with Gasteiger partial charge >= 0.3 is 17.9 Å². The number of hydrogen-bond donors (Lipinski definition) is 1. The van der Waals surface area contributed by atoms with E-state index >= 15 is 0 Å². The second-order valence-corrected chi connectivity index (χ2v) is 4.41.